The molecule has 68 valence electrons. The van der Waals surface area contributed by atoms with Crippen molar-refractivity contribution in [2.45, 2.75) is 26.7 Å². The Kier molecular flexibility index (Phi) is 4.25. The van der Waals surface area contributed by atoms with Gasteiger partial charge in [0.2, 0.25) is 0 Å². The van der Waals surface area contributed by atoms with E-state index in [-0.39, 0.29) is 0 Å². The highest BCUT2D eigenvalue weighted by molar-refractivity contribution is 7.09. The van der Waals surface area contributed by atoms with Crippen molar-refractivity contribution in [2.24, 2.45) is 0 Å². The Labute approximate surface area is 78.0 Å². The summed E-state index contributed by atoms with van der Waals surface area (Å²) >= 11 is 1.77. The number of aromatic nitrogens is 1. The highest BCUT2D eigenvalue weighted by atomic mass is 32.1. The molecule has 0 aliphatic carbocycles. The Morgan fingerprint density at radius 1 is 1.58 bits per heavy atom. The maximum atomic E-state index is 4.40. The largest absolute Gasteiger partial charge is 0.317 e. The molecule has 2 nitrogen and oxygen atoms in total. The molecule has 1 N–H and O–H groups in total. The second-order valence-corrected chi connectivity index (χ2v) is 3.78. The zero-order chi connectivity index (χ0) is 8.81. The molecule has 0 fully saturated rings. The van der Waals surface area contributed by atoms with Gasteiger partial charge in [-0.1, -0.05) is 6.92 Å². The standard InChI is InChI=1S/C9H16N2S/c1-3-10-6-4-5-9-11-8(2)7-12-9/h7,10H,3-6H2,1-2H3. The number of hydrogen-bond donors (Lipinski definition) is 1. The van der Waals surface area contributed by atoms with E-state index in [1.54, 1.807) is 11.3 Å². The van der Waals surface area contributed by atoms with Gasteiger partial charge in [0, 0.05) is 17.5 Å². The predicted molar refractivity (Wildman–Crippen MR) is 53.7 cm³/mol. The van der Waals surface area contributed by atoms with Gasteiger partial charge in [-0.3, -0.25) is 0 Å². The van der Waals surface area contributed by atoms with Gasteiger partial charge < -0.3 is 5.32 Å². The molecule has 0 spiro atoms. The normalized spacial score (nSPS) is 10.5. The Morgan fingerprint density at radius 2 is 2.42 bits per heavy atom. The summed E-state index contributed by atoms with van der Waals surface area (Å²) in [5.74, 6) is 0. The first-order valence-electron chi connectivity index (χ1n) is 4.44. The third-order valence-electron chi connectivity index (χ3n) is 1.66. The smallest absolute Gasteiger partial charge is 0.0928 e. The lowest BCUT2D eigenvalue weighted by atomic mass is 10.3. The molecule has 0 saturated heterocycles. The van der Waals surface area contributed by atoms with Crippen molar-refractivity contribution >= 4 is 11.3 Å². The van der Waals surface area contributed by atoms with Gasteiger partial charge in [0.15, 0.2) is 0 Å². The summed E-state index contributed by atoms with van der Waals surface area (Å²) in [7, 11) is 0. The van der Waals surface area contributed by atoms with Crippen molar-refractivity contribution in [3.05, 3.63) is 16.1 Å². The van der Waals surface area contributed by atoms with Crippen molar-refractivity contribution in [3.63, 3.8) is 0 Å². The molecule has 0 aliphatic rings. The quantitative estimate of drug-likeness (QED) is 0.708. The average molecular weight is 184 g/mol. The fourth-order valence-corrected chi connectivity index (χ4v) is 1.88. The van der Waals surface area contributed by atoms with Crippen LogP contribution in [0, 0.1) is 6.92 Å². The monoisotopic (exact) mass is 184 g/mol. The molecular formula is C9H16N2S. The van der Waals surface area contributed by atoms with E-state index in [1.807, 2.05) is 6.92 Å². The Morgan fingerprint density at radius 3 is 3.00 bits per heavy atom. The van der Waals surface area contributed by atoms with Crippen LogP contribution in [0.2, 0.25) is 0 Å². The van der Waals surface area contributed by atoms with E-state index in [4.69, 9.17) is 0 Å². The molecule has 0 atom stereocenters. The zero-order valence-electron chi connectivity index (χ0n) is 7.76. The van der Waals surface area contributed by atoms with Crippen molar-refractivity contribution in [1.82, 2.24) is 10.3 Å². The molecule has 0 saturated carbocycles. The van der Waals surface area contributed by atoms with Gasteiger partial charge in [-0.25, -0.2) is 4.98 Å². The first kappa shape index (κ1) is 9.68. The van der Waals surface area contributed by atoms with Gasteiger partial charge >= 0.3 is 0 Å². The number of rotatable bonds is 5. The molecule has 0 radical (unpaired) electrons. The van der Waals surface area contributed by atoms with Crippen LogP contribution >= 0.6 is 11.3 Å². The molecule has 1 heterocycles. The van der Waals surface area contributed by atoms with Crippen LogP contribution in [-0.4, -0.2) is 18.1 Å². The van der Waals surface area contributed by atoms with Crippen LogP contribution in [-0.2, 0) is 6.42 Å². The molecule has 1 aromatic rings. The van der Waals surface area contributed by atoms with Crippen molar-refractivity contribution in [3.8, 4) is 0 Å². The third kappa shape index (κ3) is 3.32. The SMILES string of the molecule is CCNCCCc1nc(C)cs1. The van der Waals surface area contributed by atoms with Crippen LogP contribution in [0.3, 0.4) is 0 Å². The van der Waals surface area contributed by atoms with E-state index in [0.29, 0.717) is 0 Å². The summed E-state index contributed by atoms with van der Waals surface area (Å²) in [6.07, 6.45) is 2.31. The number of nitrogens with zero attached hydrogens (tertiary/aromatic N) is 1. The number of aryl methyl sites for hydroxylation is 2. The van der Waals surface area contributed by atoms with Gasteiger partial charge in [-0.2, -0.15) is 0 Å². The van der Waals surface area contributed by atoms with Crippen LogP contribution in [0.1, 0.15) is 24.0 Å². The lowest BCUT2D eigenvalue weighted by molar-refractivity contribution is 0.671. The van der Waals surface area contributed by atoms with Crippen molar-refractivity contribution in [2.75, 3.05) is 13.1 Å². The molecule has 1 aromatic heterocycles. The van der Waals surface area contributed by atoms with Crippen LogP contribution in [0.15, 0.2) is 5.38 Å². The maximum absolute atomic E-state index is 4.40. The molecule has 0 aliphatic heterocycles. The van der Waals surface area contributed by atoms with Crippen LogP contribution in [0.25, 0.3) is 0 Å². The second-order valence-electron chi connectivity index (χ2n) is 2.84. The highest BCUT2D eigenvalue weighted by Gasteiger charge is 1.96. The summed E-state index contributed by atoms with van der Waals surface area (Å²) in [6.45, 7) is 6.35. The topological polar surface area (TPSA) is 24.9 Å². The zero-order valence-corrected chi connectivity index (χ0v) is 8.58. The minimum Gasteiger partial charge on any atom is -0.317 e. The van der Waals surface area contributed by atoms with E-state index >= 15 is 0 Å². The van der Waals surface area contributed by atoms with Crippen molar-refractivity contribution in [1.29, 1.82) is 0 Å². The van der Waals surface area contributed by atoms with Crippen LogP contribution in [0.4, 0.5) is 0 Å². The molecule has 3 heteroatoms. The van der Waals surface area contributed by atoms with Crippen molar-refractivity contribution < 1.29 is 0 Å². The van der Waals surface area contributed by atoms with Gasteiger partial charge in [-0.05, 0) is 26.4 Å². The summed E-state index contributed by atoms with van der Waals surface area (Å²) in [6, 6.07) is 0. The first-order valence-corrected chi connectivity index (χ1v) is 5.32. The fraction of sp³-hybridized carbons (Fsp3) is 0.667. The summed E-state index contributed by atoms with van der Waals surface area (Å²) in [5, 5.41) is 6.68. The summed E-state index contributed by atoms with van der Waals surface area (Å²) in [5.41, 5.74) is 1.15. The van der Waals surface area contributed by atoms with Gasteiger partial charge in [0.25, 0.3) is 0 Å². The number of hydrogen-bond acceptors (Lipinski definition) is 3. The predicted octanol–water partition coefficient (Wildman–Crippen LogP) is 1.99. The van der Waals surface area contributed by atoms with Crippen LogP contribution < -0.4 is 5.32 Å². The van der Waals surface area contributed by atoms with Gasteiger partial charge in [0.05, 0.1) is 5.01 Å². The van der Waals surface area contributed by atoms with E-state index in [1.165, 1.54) is 11.4 Å². The molecular weight excluding hydrogens is 168 g/mol. The maximum Gasteiger partial charge on any atom is 0.0928 e. The van der Waals surface area contributed by atoms with Gasteiger partial charge in [0.1, 0.15) is 0 Å². The Hall–Kier alpha value is -0.410. The number of thiazole rings is 1. The number of nitrogens with one attached hydrogen (secondary N) is 1. The second kappa shape index (κ2) is 5.27. The molecule has 0 aromatic carbocycles. The van der Waals surface area contributed by atoms with E-state index in [9.17, 15) is 0 Å². The van der Waals surface area contributed by atoms with E-state index in [0.717, 1.165) is 25.2 Å². The lowest BCUT2D eigenvalue weighted by Crippen LogP contribution is -2.14. The lowest BCUT2D eigenvalue weighted by Gasteiger charge is -1.98. The average Bonchev–Trinajstić information content (AvgIpc) is 2.45. The minimum atomic E-state index is 1.07. The van der Waals surface area contributed by atoms with Gasteiger partial charge in [-0.15, -0.1) is 11.3 Å². The summed E-state index contributed by atoms with van der Waals surface area (Å²) < 4.78 is 0. The Balaban J connectivity index is 2.15. The minimum absolute atomic E-state index is 1.07. The Bertz CT molecular complexity index is 220. The van der Waals surface area contributed by atoms with Crippen LogP contribution in [0.5, 0.6) is 0 Å². The molecule has 0 amide bonds. The first-order chi connectivity index (χ1) is 5.83. The highest BCUT2D eigenvalue weighted by Crippen LogP contribution is 2.10. The van der Waals surface area contributed by atoms with E-state index < -0.39 is 0 Å². The fourth-order valence-electron chi connectivity index (χ4n) is 1.06. The molecule has 0 unspecified atom stereocenters. The molecule has 12 heavy (non-hydrogen) atoms. The third-order valence-corrected chi connectivity index (χ3v) is 2.69. The summed E-state index contributed by atoms with van der Waals surface area (Å²) in [4.78, 5) is 4.40. The van der Waals surface area contributed by atoms with E-state index in [2.05, 4.69) is 22.6 Å². The molecule has 1 rings (SSSR count). The molecule has 0 bridgehead atoms.